The zero-order chi connectivity index (χ0) is 12.6. The number of allylic oxidation sites excluding steroid dienone is 1. The van der Waals surface area contributed by atoms with Gasteiger partial charge in [0.25, 0.3) is 9.05 Å². The van der Waals surface area contributed by atoms with E-state index >= 15 is 0 Å². The van der Waals surface area contributed by atoms with Crippen LogP contribution in [-0.2, 0) is 15.6 Å². The van der Waals surface area contributed by atoms with Crippen molar-refractivity contribution >= 4 is 46.6 Å². The lowest BCUT2D eigenvalue weighted by Crippen LogP contribution is -1.95. The van der Waals surface area contributed by atoms with Crippen LogP contribution in [0.4, 0.5) is 0 Å². The molecule has 0 fully saturated rings. The summed E-state index contributed by atoms with van der Waals surface area (Å²) in [4.78, 5) is 0.128. The second-order valence-corrected chi connectivity index (χ2v) is 7.25. The van der Waals surface area contributed by atoms with E-state index in [0.717, 1.165) is 10.00 Å². The van der Waals surface area contributed by atoms with Crippen molar-refractivity contribution in [3.8, 4) is 0 Å². The lowest BCUT2D eigenvalue weighted by atomic mass is 10.2. The van der Waals surface area contributed by atoms with Crippen LogP contribution in [-0.4, -0.2) is 13.0 Å². The number of fused-ring (bicyclic) bond motifs is 1. The molecule has 0 unspecified atom stereocenters. The van der Waals surface area contributed by atoms with Crippen molar-refractivity contribution in [3.05, 3.63) is 41.5 Å². The van der Waals surface area contributed by atoms with Crippen LogP contribution < -0.4 is 0 Å². The van der Waals surface area contributed by atoms with Gasteiger partial charge in [0.2, 0.25) is 0 Å². The lowest BCUT2D eigenvalue weighted by molar-refractivity contribution is 0.610. The van der Waals surface area contributed by atoms with Crippen LogP contribution in [0, 0.1) is 0 Å². The van der Waals surface area contributed by atoms with Gasteiger partial charge < -0.3 is 4.57 Å². The van der Waals surface area contributed by atoms with Crippen LogP contribution in [0.1, 0.15) is 0 Å². The van der Waals surface area contributed by atoms with E-state index in [0.29, 0.717) is 11.9 Å². The van der Waals surface area contributed by atoms with Crippen LogP contribution in [0.3, 0.4) is 0 Å². The molecule has 0 bridgehead atoms. The van der Waals surface area contributed by atoms with Gasteiger partial charge in [0.1, 0.15) is 4.90 Å². The lowest BCUT2D eigenvalue weighted by Gasteiger charge is -2.02. The van der Waals surface area contributed by atoms with Crippen LogP contribution in [0.5, 0.6) is 0 Å². The third-order valence-electron chi connectivity index (χ3n) is 2.36. The molecule has 0 aliphatic carbocycles. The first kappa shape index (κ1) is 12.7. The highest BCUT2D eigenvalue weighted by Gasteiger charge is 2.18. The maximum atomic E-state index is 11.5. The van der Waals surface area contributed by atoms with Crippen molar-refractivity contribution < 1.29 is 8.42 Å². The predicted molar refractivity (Wildman–Crippen MR) is 73.0 cm³/mol. The predicted octanol–water partition coefficient (Wildman–Crippen LogP) is 3.48. The molecule has 0 radical (unpaired) electrons. The Labute approximate surface area is 112 Å². The number of benzene rings is 1. The monoisotopic (exact) mass is 333 g/mol. The Kier molecular flexibility index (Phi) is 3.34. The summed E-state index contributed by atoms with van der Waals surface area (Å²) in [6.07, 6.45) is 1.53. The molecule has 17 heavy (non-hydrogen) atoms. The minimum atomic E-state index is -3.74. The number of rotatable bonds is 3. The van der Waals surface area contributed by atoms with E-state index < -0.39 is 9.05 Å². The normalized spacial score (nSPS) is 11.9. The summed E-state index contributed by atoms with van der Waals surface area (Å²) >= 11 is 3.26. The van der Waals surface area contributed by atoms with E-state index in [-0.39, 0.29) is 4.90 Å². The van der Waals surface area contributed by atoms with Gasteiger partial charge in [-0.25, -0.2) is 8.42 Å². The smallest absolute Gasteiger partial charge is 0.263 e. The molecule has 0 amide bonds. The third kappa shape index (κ3) is 2.56. The molecule has 1 aromatic carbocycles. The Morgan fingerprint density at radius 1 is 1.41 bits per heavy atom. The van der Waals surface area contributed by atoms with Crippen LogP contribution >= 0.6 is 26.6 Å². The van der Waals surface area contributed by atoms with Gasteiger partial charge in [-0.1, -0.05) is 40.7 Å². The summed E-state index contributed by atoms with van der Waals surface area (Å²) in [5.74, 6) is 0. The van der Waals surface area contributed by atoms with E-state index in [2.05, 4.69) is 22.5 Å². The number of hydrogen-bond acceptors (Lipinski definition) is 2. The highest BCUT2D eigenvalue weighted by Crippen LogP contribution is 2.28. The summed E-state index contributed by atoms with van der Waals surface area (Å²) in [6.45, 7) is 4.24. The van der Waals surface area contributed by atoms with Crippen LogP contribution in [0.2, 0.25) is 0 Å². The Morgan fingerprint density at radius 2 is 2.06 bits per heavy atom. The van der Waals surface area contributed by atoms with E-state index in [4.69, 9.17) is 10.7 Å². The van der Waals surface area contributed by atoms with Crippen molar-refractivity contribution in [1.82, 2.24) is 4.57 Å². The largest absolute Gasteiger partial charge is 0.341 e. The van der Waals surface area contributed by atoms with Crippen molar-refractivity contribution in [2.24, 2.45) is 0 Å². The van der Waals surface area contributed by atoms with Gasteiger partial charge in [-0.2, -0.15) is 0 Å². The van der Waals surface area contributed by atoms with Crippen LogP contribution in [0.25, 0.3) is 10.9 Å². The molecule has 3 nitrogen and oxygen atoms in total. The molecule has 1 heterocycles. The van der Waals surface area contributed by atoms with E-state index in [1.807, 2.05) is 12.1 Å². The van der Waals surface area contributed by atoms with Gasteiger partial charge in [0.05, 0.1) is 6.54 Å². The Morgan fingerprint density at radius 3 is 2.65 bits per heavy atom. The maximum absolute atomic E-state index is 11.5. The third-order valence-corrected chi connectivity index (χ3v) is 3.96. The molecule has 0 saturated heterocycles. The van der Waals surface area contributed by atoms with Crippen molar-refractivity contribution in [1.29, 1.82) is 0 Å². The Bertz CT molecular complexity index is 691. The molecular weight excluding hydrogens is 326 g/mol. The topological polar surface area (TPSA) is 39.1 Å². The number of halogens is 2. The summed E-state index contributed by atoms with van der Waals surface area (Å²) < 4.78 is 25.5. The molecule has 6 heteroatoms. The van der Waals surface area contributed by atoms with E-state index in [9.17, 15) is 8.42 Å². The van der Waals surface area contributed by atoms with Crippen molar-refractivity contribution in [3.63, 3.8) is 0 Å². The number of hydrogen-bond donors (Lipinski definition) is 0. The first-order valence-corrected chi connectivity index (χ1v) is 7.85. The fourth-order valence-corrected chi connectivity index (χ4v) is 3.05. The van der Waals surface area contributed by atoms with E-state index in [1.54, 1.807) is 16.7 Å². The van der Waals surface area contributed by atoms with Gasteiger partial charge in [-0.15, -0.1) is 0 Å². The summed E-state index contributed by atoms with van der Waals surface area (Å²) in [5.41, 5.74) is 0.812. The van der Waals surface area contributed by atoms with Crippen molar-refractivity contribution in [2.75, 3.05) is 0 Å². The van der Waals surface area contributed by atoms with Gasteiger partial charge in [-0.3, -0.25) is 0 Å². The SMILES string of the molecule is C=C(Br)Cn1cc(S(=O)(=O)Cl)c2ccccc21. The molecule has 0 saturated carbocycles. The highest BCUT2D eigenvalue weighted by atomic mass is 79.9. The first-order chi connectivity index (χ1) is 7.89. The molecule has 0 spiro atoms. The average molecular weight is 335 g/mol. The first-order valence-electron chi connectivity index (χ1n) is 4.75. The molecule has 0 N–H and O–H groups in total. The van der Waals surface area contributed by atoms with Gasteiger partial charge >= 0.3 is 0 Å². The van der Waals surface area contributed by atoms with Gasteiger partial charge in [-0.05, 0) is 6.07 Å². The summed E-state index contributed by atoms with van der Waals surface area (Å²) in [6, 6.07) is 7.20. The standard InChI is InChI=1S/C11H9BrClNO2S/c1-8(12)6-14-7-11(17(13,15)16)9-4-2-3-5-10(9)14/h2-5,7H,1,6H2. The fraction of sp³-hybridized carbons (Fsp3) is 0.0909. The molecule has 2 aromatic rings. The highest BCUT2D eigenvalue weighted by molar-refractivity contribution is 9.11. The molecule has 90 valence electrons. The van der Waals surface area contributed by atoms with Crippen LogP contribution in [0.15, 0.2) is 46.4 Å². The van der Waals surface area contributed by atoms with E-state index in [1.165, 1.54) is 6.20 Å². The number of nitrogens with zero attached hydrogens (tertiary/aromatic N) is 1. The van der Waals surface area contributed by atoms with Crippen molar-refractivity contribution in [2.45, 2.75) is 11.4 Å². The Hall–Kier alpha value is -0.780. The van der Waals surface area contributed by atoms with Gasteiger partial charge in [0.15, 0.2) is 0 Å². The summed E-state index contributed by atoms with van der Waals surface area (Å²) in [5, 5.41) is 0.622. The molecule has 0 aliphatic heterocycles. The zero-order valence-corrected chi connectivity index (χ0v) is 11.9. The Balaban J connectivity index is 2.75. The maximum Gasteiger partial charge on any atom is 0.263 e. The number of aromatic nitrogens is 1. The zero-order valence-electron chi connectivity index (χ0n) is 8.73. The molecule has 0 aliphatic rings. The average Bonchev–Trinajstić information content (AvgIpc) is 2.56. The van der Waals surface area contributed by atoms with Gasteiger partial charge in [0, 0.05) is 32.3 Å². The minimum absolute atomic E-state index is 0.128. The molecular formula is C11H9BrClNO2S. The fourth-order valence-electron chi connectivity index (χ4n) is 1.72. The summed E-state index contributed by atoms with van der Waals surface area (Å²) in [7, 11) is 1.67. The second kappa shape index (κ2) is 4.48. The molecule has 2 rings (SSSR count). The molecule has 0 atom stereocenters. The minimum Gasteiger partial charge on any atom is -0.341 e. The number of para-hydroxylation sites is 1. The quantitative estimate of drug-likeness (QED) is 0.806. The molecule has 1 aromatic heterocycles. The second-order valence-electron chi connectivity index (χ2n) is 3.59.